The van der Waals surface area contributed by atoms with Crippen molar-refractivity contribution in [3.05, 3.63) is 176 Å². The third kappa shape index (κ3) is 9.70. The predicted octanol–water partition coefficient (Wildman–Crippen LogP) is 10.5. The van der Waals surface area contributed by atoms with Gasteiger partial charge in [-0.25, -0.2) is 4.79 Å². The number of carboxylic acid groups (broad SMARTS) is 1. The first-order valence-electron chi connectivity index (χ1n) is 20.5. The number of ether oxygens (including phenoxy) is 3. The van der Waals surface area contributed by atoms with E-state index in [2.05, 4.69) is 34.3 Å². The minimum absolute atomic E-state index is 0.0975. The zero-order valence-electron chi connectivity index (χ0n) is 34.2. The van der Waals surface area contributed by atoms with Crippen LogP contribution in [0, 0.1) is 13.8 Å². The third-order valence-corrected chi connectivity index (χ3v) is 12.2. The molecule has 0 bridgehead atoms. The normalized spacial score (nSPS) is 16.9. The molecule has 2 aliphatic rings. The van der Waals surface area contributed by atoms with E-state index in [9.17, 15) is 14.7 Å². The lowest BCUT2D eigenvalue weighted by Crippen LogP contribution is -2.55. The number of fused-ring (bicyclic) bond motifs is 2. The van der Waals surface area contributed by atoms with Crippen molar-refractivity contribution in [2.24, 2.45) is 0 Å². The van der Waals surface area contributed by atoms with Gasteiger partial charge in [-0.2, -0.15) is 0 Å². The first-order valence-corrected chi connectivity index (χ1v) is 21.3. The molecule has 2 N–H and O–H groups in total. The van der Waals surface area contributed by atoms with Gasteiger partial charge in [-0.05, 0) is 120 Å². The Labute approximate surface area is 366 Å². The van der Waals surface area contributed by atoms with Gasteiger partial charge in [0, 0.05) is 30.4 Å². The Balaban J connectivity index is 0.991. The molecule has 0 saturated carbocycles. The van der Waals surface area contributed by atoms with E-state index < -0.39 is 18.1 Å². The van der Waals surface area contributed by atoms with Crippen molar-refractivity contribution in [3.8, 4) is 28.4 Å². The highest BCUT2D eigenvalue weighted by molar-refractivity contribution is 6.42. The fraction of sp³-hybridized carbons (Fsp3) is 0.260. The summed E-state index contributed by atoms with van der Waals surface area (Å²) in [4.78, 5) is 33.8. The van der Waals surface area contributed by atoms with Crippen LogP contribution in [0.3, 0.4) is 0 Å². The van der Waals surface area contributed by atoms with E-state index in [0.717, 1.165) is 62.3 Å². The molecule has 9 nitrogen and oxygen atoms in total. The Hall–Kier alpha value is -5.87. The highest BCUT2D eigenvalue weighted by Gasteiger charge is 2.39. The fourth-order valence-corrected chi connectivity index (χ4v) is 8.68. The summed E-state index contributed by atoms with van der Waals surface area (Å²) in [5, 5.41) is 14.3. The van der Waals surface area contributed by atoms with Crippen LogP contribution in [0.15, 0.2) is 121 Å². The van der Waals surface area contributed by atoms with Gasteiger partial charge in [-0.1, -0.05) is 103 Å². The number of aliphatic carboxylic acids is 1. The number of amides is 1. The van der Waals surface area contributed by atoms with Gasteiger partial charge in [-0.3, -0.25) is 14.7 Å². The SMILES string of the molecule is CCC(c1ccccc1)N1Cc2cc3c(cc2CC1C(=O)NC(Cc1ccc(-c2cc(C)nc(C)c2)cc1)C(=O)O)OCC(c1ccc(OCc2ccc(Cl)c(Cl)c2)cc1)O3. The molecule has 11 heteroatoms. The van der Waals surface area contributed by atoms with Crippen molar-refractivity contribution in [2.45, 2.75) is 77.4 Å². The molecule has 0 spiro atoms. The number of aromatic nitrogens is 1. The Kier molecular flexibility index (Phi) is 12.6. The average molecular weight is 857 g/mol. The van der Waals surface area contributed by atoms with Crippen molar-refractivity contribution < 1.29 is 28.9 Å². The van der Waals surface area contributed by atoms with Crippen LogP contribution in [0.5, 0.6) is 17.2 Å². The van der Waals surface area contributed by atoms with Crippen LogP contribution >= 0.6 is 23.2 Å². The molecule has 4 unspecified atom stereocenters. The van der Waals surface area contributed by atoms with Gasteiger partial charge >= 0.3 is 5.97 Å². The largest absolute Gasteiger partial charge is 0.489 e. The summed E-state index contributed by atoms with van der Waals surface area (Å²) >= 11 is 12.2. The standard InChI is InChI=1S/C50H47Cl2N3O6/c1-4-44(35-8-6-5-7-9-35)55-27-39-26-47-46(60-29-48(61-47)36-15-17-40(18-16-36)59-28-33-12-19-41(51)42(52)22-33)25-38(39)24-45(55)49(56)54-43(50(57)58)23-32-10-13-34(14-11-32)37-20-30(2)53-31(3)21-37/h5-22,25-26,43-45,48H,4,23-24,27-29H2,1-3H3,(H,54,56)(H,57,58). The maximum absolute atomic E-state index is 14.4. The van der Waals surface area contributed by atoms with Crippen LogP contribution in [0.1, 0.15) is 70.3 Å². The number of hydrogen-bond donors (Lipinski definition) is 2. The zero-order chi connectivity index (χ0) is 42.6. The maximum atomic E-state index is 14.4. The van der Waals surface area contributed by atoms with E-state index in [1.165, 1.54) is 0 Å². The zero-order valence-corrected chi connectivity index (χ0v) is 35.7. The van der Waals surface area contributed by atoms with E-state index in [4.69, 9.17) is 37.4 Å². The van der Waals surface area contributed by atoms with Gasteiger partial charge in [0.2, 0.25) is 5.91 Å². The maximum Gasteiger partial charge on any atom is 0.326 e. The summed E-state index contributed by atoms with van der Waals surface area (Å²) in [6, 6.07) is 37.4. The molecule has 8 rings (SSSR count). The molecule has 0 saturated heterocycles. The quantitative estimate of drug-likeness (QED) is 0.118. The summed E-state index contributed by atoms with van der Waals surface area (Å²) in [6.45, 7) is 7.15. The number of carbonyl (C=O) groups is 2. The summed E-state index contributed by atoms with van der Waals surface area (Å²) < 4.78 is 18.9. The molecule has 0 aliphatic carbocycles. The Morgan fingerprint density at radius 2 is 1.54 bits per heavy atom. The Morgan fingerprint density at radius 3 is 2.23 bits per heavy atom. The first kappa shape index (κ1) is 41.8. The number of nitrogens with zero attached hydrogens (tertiary/aromatic N) is 2. The molecule has 61 heavy (non-hydrogen) atoms. The lowest BCUT2D eigenvalue weighted by Gasteiger charge is -2.42. The molecule has 0 fully saturated rings. The molecule has 1 amide bonds. The molecular formula is C50H47Cl2N3O6. The number of carboxylic acids is 1. The lowest BCUT2D eigenvalue weighted by molar-refractivity contribution is -0.143. The first-order chi connectivity index (χ1) is 29.5. The van der Waals surface area contributed by atoms with Crippen LogP contribution in [0.25, 0.3) is 11.1 Å². The lowest BCUT2D eigenvalue weighted by atomic mass is 9.89. The Bertz CT molecular complexity index is 2510. The Morgan fingerprint density at radius 1 is 0.836 bits per heavy atom. The monoisotopic (exact) mass is 855 g/mol. The van der Waals surface area contributed by atoms with Gasteiger partial charge in [-0.15, -0.1) is 0 Å². The topological polar surface area (TPSA) is 110 Å². The number of pyridine rings is 1. The molecule has 312 valence electrons. The van der Waals surface area contributed by atoms with Crippen LogP contribution in [0.4, 0.5) is 0 Å². The molecule has 4 atom stereocenters. The van der Waals surface area contributed by atoms with Crippen molar-refractivity contribution in [2.75, 3.05) is 6.61 Å². The third-order valence-electron chi connectivity index (χ3n) is 11.4. The minimum Gasteiger partial charge on any atom is -0.489 e. The number of carbonyl (C=O) groups excluding carboxylic acids is 1. The summed E-state index contributed by atoms with van der Waals surface area (Å²) in [7, 11) is 0. The summed E-state index contributed by atoms with van der Waals surface area (Å²) in [5.41, 5.74) is 9.68. The van der Waals surface area contributed by atoms with E-state index >= 15 is 0 Å². The predicted molar refractivity (Wildman–Crippen MR) is 237 cm³/mol. The van der Waals surface area contributed by atoms with Crippen LogP contribution in [-0.4, -0.2) is 45.6 Å². The number of halogens is 2. The molecule has 3 heterocycles. The average Bonchev–Trinajstić information content (AvgIpc) is 3.26. The smallest absolute Gasteiger partial charge is 0.326 e. The molecule has 2 aliphatic heterocycles. The van der Waals surface area contributed by atoms with E-state index in [1.807, 2.05) is 111 Å². The van der Waals surface area contributed by atoms with Crippen molar-refractivity contribution in [3.63, 3.8) is 0 Å². The number of nitrogens with one attached hydrogen (secondary N) is 1. The van der Waals surface area contributed by atoms with Crippen molar-refractivity contribution in [1.82, 2.24) is 15.2 Å². The second-order valence-electron chi connectivity index (χ2n) is 15.8. The minimum atomic E-state index is -1.12. The van der Waals surface area contributed by atoms with E-state index in [-0.39, 0.29) is 24.5 Å². The van der Waals surface area contributed by atoms with Gasteiger partial charge in [0.05, 0.1) is 16.1 Å². The second kappa shape index (κ2) is 18.4. The fourth-order valence-electron chi connectivity index (χ4n) is 8.36. The number of benzene rings is 5. The molecule has 6 aromatic rings. The van der Waals surface area contributed by atoms with Crippen LogP contribution in [0.2, 0.25) is 10.0 Å². The van der Waals surface area contributed by atoms with Crippen molar-refractivity contribution >= 4 is 35.1 Å². The van der Waals surface area contributed by atoms with Gasteiger partial charge < -0.3 is 24.6 Å². The molecule has 5 aromatic carbocycles. The van der Waals surface area contributed by atoms with E-state index in [1.54, 1.807) is 12.1 Å². The van der Waals surface area contributed by atoms with Crippen LogP contribution in [-0.2, 0) is 35.6 Å². The highest BCUT2D eigenvalue weighted by Crippen LogP contribution is 2.43. The number of rotatable bonds is 13. The van der Waals surface area contributed by atoms with Gasteiger partial charge in [0.25, 0.3) is 0 Å². The molecular weight excluding hydrogens is 809 g/mol. The van der Waals surface area contributed by atoms with Crippen LogP contribution < -0.4 is 19.5 Å². The number of hydrogen-bond acceptors (Lipinski definition) is 7. The highest BCUT2D eigenvalue weighted by atomic mass is 35.5. The number of aryl methyl sites for hydroxylation is 2. The molecule has 0 radical (unpaired) electrons. The summed E-state index contributed by atoms with van der Waals surface area (Å²) in [5.74, 6) is 0.542. The van der Waals surface area contributed by atoms with Crippen molar-refractivity contribution in [1.29, 1.82) is 0 Å². The van der Waals surface area contributed by atoms with Gasteiger partial charge in [0.15, 0.2) is 17.6 Å². The van der Waals surface area contributed by atoms with E-state index in [0.29, 0.717) is 53.5 Å². The second-order valence-corrected chi connectivity index (χ2v) is 16.6. The molecule has 1 aromatic heterocycles. The van der Waals surface area contributed by atoms with Gasteiger partial charge in [0.1, 0.15) is 25.0 Å². The summed E-state index contributed by atoms with van der Waals surface area (Å²) in [6.07, 6.45) is 0.922.